The van der Waals surface area contributed by atoms with Gasteiger partial charge in [0, 0.05) is 10.0 Å². The van der Waals surface area contributed by atoms with Gasteiger partial charge in [-0.25, -0.2) is 9.78 Å². The number of esters is 1. The topological polar surface area (TPSA) is 65.4 Å². The van der Waals surface area contributed by atoms with Crippen LogP contribution in [0, 0.1) is 0 Å². The number of hydrogen-bond donors (Lipinski definition) is 1. The smallest absolute Gasteiger partial charge is 0.338 e. The molecule has 0 bridgehead atoms. The zero-order chi connectivity index (χ0) is 23.8. The Hall–Kier alpha value is -3.48. The van der Waals surface area contributed by atoms with Gasteiger partial charge in [-0.2, -0.15) is 0 Å². The Bertz CT molecular complexity index is 1430. The van der Waals surface area contributed by atoms with Gasteiger partial charge >= 0.3 is 5.97 Å². The van der Waals surface area contributed by atoms with Gasteiger partial charge < -0.3 is 14.8 Å². The van der Waals surface area contributed by atoms with Crippen molar-refractivity contribution < 1.29 is 14.3 Å². The molecule has 1 aromatic heterocycles. The van der Waals surface area contributed by atoms with Gasteiger partial charge in [0.25, 0.3) is 0 Å². The number of methoxy groups -OCH3 is 1. The molecule has 2 heterocycles. The van der Waals surface area contributed by atoms with Gasteiger partial charge in [-0.3, -0.25) is 4.57 Å². The van der Waals surface area contributed by atoms with E-state index in [-0.39, 0.29) is 6.61 Å². The van der Waals surface area contributed by atoms with Crippen molar-refractivity contribution in [2.45, 2.75) is 13.0 Å². The molecule has 0 spiro atoms. The van der Waals surface area contributed by atoms with Crippen LogP contribution in [0.1, 0.15) is 24.1 Å². The number of imidazole rings is 1. The summed E-state index contributed by atoms with van der Waals surface area (Å²) in [6.45, 7) is 2.01. The van der Waals surface area contributed by atoms with Gasteiger partial charge in [0.05, 0.1) is 42.1 Å². The third kappa shape index (κ3) is 3.79. The average Bonchev–Trinajstić information content (AvgIpc) is 3.22. The lowest BCUT2D eigenvalue weighted by atomic mass is 9.92. The maximum Gasteiger partial charge on any atom is 0.338 e. The van der Waals surface area contributed by atoms with E-state index in [0.29, 0.717) is 38.6 Å². The van der Waals surface area contributed by atoms with E-state index in [9.17, 15) is 4.79 Å². The van der Waals surface area contributed by atoms with Crippen LogP contribution in [-0.2, 0) is 9.53 Å². The van der Waals surface area contributed by atoms with Crippen LogP contribution in [-0.4, -0.2) is 29.2 Å². The Morgan fingerprint density at radius 2 is 1.85 bits per heavy atom. The maximum absolute atomic E-state index is 13.5. The third-order valence-corrected chi connectivity index (χ3v) is 6.33. The minimum absolute atomic E-state index is 0.233. The van der Waals surface area contributed by atoms with E-state index in [0.717, 1.165) is 16.6 Å². The number of rotatable bonds is 5. The SMILES string of the molecule is CCOC(=O)C1=C(c2ccc(OC)cc2)Nc2nc3ccccc3n2[C@@H]1c1ccc(Cl)cc1Cl. The molecule has 1 N–H and O–H groups in total. The lowest BCUT2D eigenvalue weighted by Gasteiger charge is -2.32. The molecule has 1 atom stereocenters. The van der Waals surface area contributed by atoms with Crippen LogP contribution in [0.4, 0.5) is 5.95 Å². The van der Waals surface area contributed by atoms with Gasteiger partial charge in [0.1, 0.15) is 5.75 Å². The number of nitrogens with one attached hydrogen (secondary N) is 1. The van der Waals surface area contributed by atoms with E-state index in [2.05, 4.69) is 5.32 Å². The highest BCUT2D eigenvalue weighted by Gasteiger charge is 2.37. The van der Waals surface area contributed by atoms with Crippen LogP contribution in [0.15, 0.2) is 72.3 Å². The van der Waals surface area contributed by atoms with Crippen molar-refractivity contribution in [1.29, 1.82) is 0 Å². The molecule has 6 nitrogen and oxygen atoms in total. The summed E-state index contributed by atoms with van der Waals surface area (Å²) in [5.41, 5.74) is 4.17. The molecule has 0 saturated carbocycles. The first-order chi connectivity index (χ1) is 16.5. The number of aromatic nitrogens is 2. The summed E-state index contributed by atoms with van der Waals surface area (Å²) in [4.78, 5) is 18.3. The molecule has 34 heavy (non-hydrogen) atoms. The molecule has 0 saturated heterocycles. The molecular weight excluding hydrogens is 473 g/mol. The molecule has 0 aliphatic carbocycles. The van der Waals surface area contributed by atoms with Crippen LogP contribution in [0.5, 0.6) is 5.75 Å². The number of fused-ring (bicyclic) bond motifs is 3. The molecule has 0 radical (unpaired) electrons. The fourth-order valence-corrected chi connectivity index (χ4v) is 4.78. The minimum Gasteiger partial charge on any atom is -0.497 e. The van der Waals surface area contributed by atoms with E-state index in [1.165, 1.54) is 0 Å². The summed E-state index contributed by atoms with van der Waals surface area (Å²) in [6.07, 6.45) is 0. The molecule has 0 unspecified atom stereocenters. The predicted molar refractivity (Wildman–Crippen MR) is 135 cm³/mol. The summed E-state index contributed by atoms with van der Waals surface area (Å²) in [7, 11) is 1.61. The zero-order valence-corrected chi connectivity index (χ0v) is 20.0. The Labute approximate surface area is 206 Å². The number of para-hydroxylation sites is 2. The summed E-state index contributed by atoms with van der Waals surface area (Å²) >= 11 is 12.9. The number of halogens is 2. The second-order valence-corrected chi connectivity index (χ2v) is 8.57. The van der Waals surface area contributed by atoms with Crippen LogP contribution < -0.4 is 10.1 Å². The summed E-state index contributed by atoms with van der Waals surface area (Å²) in [5, 5.41) is 4.33. The summed E-state index contributed by atoms with van der Waals surface area (Å²) < 4.78 is 12.8. The first-order valence-electron chi connectivity index (χ1n) is 10.8. The quantitative estimate of drug-likeness (QED) is 0.328. The highest BCUT2D eigenvalue weighted by molar-refractivity contribution is 6.35. The monoisotopic (exact) mass is 493 g/mol. The number of anilines is 1. The zero-order valence-electron chi connectivity index (χ0n) is 18.5. The molecule has 4 aromatic rings. The highest BCUT2D eigenvalue weighted by Crippen LogP contribution is 2.44. The van der Waals surface area contributed by atoms with Gasteiger partial charge in [-0.1, -0.05) is 41.4 Å². The van der Waals surface area contributed by atoms with Gasteiger partial charge in [-0.05, 0) is 66.6 Å². The number of nitrogens with zero attached hydrogens (tertiary/aromatic N) is 2. The first-order valence-corrected chi connectivity index (χ1v) is 11.5. The van der Waals surface area contributed by atoms with Crippen molar-refractivity contribution in [1.82, 2.24) is 9.55 Å². The number of carbonyl (C=O) groups excluding carboxylic acids is 1. The number of carbonyl (C=O) groups is 1. The molecule has 8 heteroatoms. The minimum atomic E-state index is -0.593. The second kappa shape index (κ2) is 9.05. The van der Waals surface area contributed by atoms with E-state index >= 15 is 0 Å². The van der Waals surface area contributed by atoms with Crippen LogP contribution in [0.2, 0.25) is 10.0 Å². The number of ether oxygens (including phenoxy) is 2. The third-order valence-electron chi connectivity index (χ3n) is 5.76. The van der Waals surface area contributed by atoms with Crippen LogP contribution in [0.3, 0.4) is 0 Å². The molecule has 5 rings (SSSR count). The normalized spacial score (nSPS) is 15.1. The van der Waals surface area contributed by atoms with E-state index in [1.54, 1.807) is 26.2 Å². The molecule has 172 valence electrons. The van der Waals surface area contributed by atoms with Crippen molar-refractivity contribution in [3.8, 4) is 5.75 Å². The molecule has 1 aliphatic rings. The summed E-state index contributed by atoms with van der Waals surface area (Å²) in [6, 6.07) is 19.9. The summed E-state index contributed by atoms with van der Waals surface area (Å²) in [5.74, 6) is 0.860. The molecule has 0 fully saturated rings. The van der Waals surface area contributed by atoms with Gasteiger partial charge in [-0.15, -0.1) is 0 Å². The van der Waals surface area contributed by atoms with Crippen molar-refractivity contribution in [3.63, 3.8) is 0 Å². The molecule has 1 aliphatic heterocycles. The van der Waals surface area contributed by atoms with Crippen LogP contribution >= 0.6 is 23.2 Å². The van der Waals surface area contributed by atoms with E-state index in [4.69, 9.17) is 37.7 Å². The first kappa shape index (κ1) is 22.3. The lowest BCUT2D eigenvalue weighted by Crippen LogP contribution is -2.29. The van der Waals surface area contributed by atoms with Gasteiger partial charge in [0.2, 0.25) is 5.95 Å². The molecule has 0 amide bonds. The lowest BCUT2D eigenvalue weighted by molar-refractivity contribution is -0.138. The number of hydrogen-bond acceptors (Lipinski definition) is 5. The van der Waals surface area contributed by atoms with Crippen LogP contribution in [0.25, 0.3) is 16.7 Å². The number of benzene rings is 3. The van der Waals surface area contributed by atoms with Gasteiger partial charge in [0.15, 0.2) is 0 Å². The Balaban J connectivity index is 1.83. The Morgan fingerprint density at radius 3 is 2.56 bits per heavy atom. The van der Waals surface area contributed by atoms with E-state index in [1.807, 2.05) is 59.2 Å². The van der Waals surface area contributed by atoms with Crippen molar-refractivity contribution in [2.24, 2.45) is 0 Å². The average molecular weight is 494 g/mol. The van der Waals surface area contributed by atoms with Crippen molar-refractivity contribution in [2.75, 3.05) is 19.0 Å². The van der Waals surface area contributed by atoms with Crippen molar-refractivity contribution in [3.05, 3.63) is 93.5 Å². The largest absolute Gasteiger partial charge is 0.497 e. The fraction of sp³-hybridized carbons (Fsp3) is 0.154. The second-order valence-electron chi connectivity index (χ2n) is 7.73. The van der Waals surface area contributed by atoms with Crippen molar-refractivity contribution >= 4 is 51.8 Å². The maximum atomic E-state index is 13.5. The molecular formula is C26H21Cl2N3O3. The standard InChI is InChI=1S/C26H21Cl2N3O3/c1-3-34-25(32)22-23(15-8-11-17(33-2)12-9-15)30-26-29-20-6-4-5-7-21(20)31(26)24(22)18-13-10-16(27)14-19(18)28/h4-14,24H,3H2,1-2H3,(H,29,30)/t24-/m1/s1. The Morgan fingerprint density at radius 1 is 1.09 bits per heavy atom. The fourth-order valence-electron chi connectivity index (χ4n) is 4.26. The molecule has 3 aromatic carbocycles. The Kier molecular flexibility index (Phi) is 5.94. The van der Waals surface area contributed by atoms with E-state index < -0.39 is 12.0 Å². The predicted octanol–water partition coefficient (Wildman–Crippen LogP) is 6.34. The highest BCUT2D eigenvalue weighted by atomic mass is 35.5.